The van der Waals surface area contributed by atoms with Gasteiger partial charge in [0.05, 0.1) is 29.7 Å². The van der Waals surface area contributed by atoms with Crippen LogP contribution >= 0.6 is 21.2 Å². The van der Waals surface area contributed by atoms with E-state index >= 15 is 0 Å². The van der Waals surface area contributed by atoms with Gasteiger partial charge in [-0.25, -0.2) is 4.98 Å². The molecule has 5 rings (SSSR count). The molecule has 1 saturated heterocycles. The Hall–Kier alpha value is -3.40. The van der Waals surface area contributed by atoms with Gasteiger partial charge in [0.15, 0.2) is 0 Å². The van der Waals surface area contributed by atoms with Crippen LogP contribution in [-0.4, -0.2) is 78.5 Å². The summed E-state index contributed by atoms with van der Waals surface area (Å²) in [6, 6.07) is 8.93. The Morgan fingerprint density at radius 3 is 2.50 bits per heavy atom. The Balaban J connectivity index is 1.43. The van der Waals surface area contributed by atoms with Crippen molar-refractivity contribution in [3.8, 4) is 5.75 Å². The largest absolute Gasteiger partial charge is 0.494 e. The number of piperidine rings is 1. The highest BCUT2D eigenvalue weighted by Crippen LogP contribution is 2.38. The van der Waals surface area contributed by atoms with Gasteiger partial charge in [0.25, 0.3) is 0 Å². The molecule has 2 aromatic carbocycles. The third-order valence-corrected chi connectivity index (χ3v) is 8.99. The van der Waals surface area contributed by atoms with Gasteiger partial charge in [0.1, 0.15) is 17.1 Å². The van der Waals surface area contributed by atoms with Crippen molar-refractivity contribution >= 4 is 72.0 Å². The van der Waals surface area contributed by atoms with Crippen molar-refractivity contribution in [3.05, 3.63) is 48.4 Å². The number of ether oxygens (including phenoxy) is 1. The summed E-state index contributed by atoms with van der Waals surface area (Å²) in [6.45, 7) is 4.27. The molecule has 10 nitrogen and oxygen atoms in total. The number of aromatic nitrogens is 4. The number of nitrogens with one attached hydrogen (secondary N) is 2. The fourth-order valence-corrected chi connectivity index (χ4v) is 5.99. The minimum atomic E-state index is 0.476. The van der Waals surface area contributed by atoms with E-state index < -0.39 is 0 Å². The topological polar surface area (TPSA) is 94.6 Å². The van der Waals surface area contributed by atoms with E-state index in [1.54, 1.807) is 37.6 Å². The number of fused-ring (bicyclic) bond motifs is 1. The van der Waals surface area contributed by atoms with Crippen molar-refractivity contribution in [1.82, 2.24) is 24.8 Å². The molecule has 0 radical (unpaired) electrons. The zero-order valence-corrected chi connectivity index (χ0v) is 27.1. The molecule has 0 amide bonds. The van der Waals surface area contributed by atoms with Gasteiger partial charge in [-0.3, -0.25) is 9.97 Å². The van der Waals surface area contributed by atoms with Gasteiger partial charge in [-0.2, -0.15) is 4.98 Å². The number of anilines is 6. The second-order valence-corrected chi connectivity index (χ2v) is 12.1. The Morgan fingerprint density at radius 2 is 1.81 bits per heavy atom. The summed E-state index contributed by atoms with van der Waals surface area (Å²) < 4.78 is 7.93. The highest BCUT2D eigenvalue weighted by atomic mass is 32.2. The van der Waals surface area contributed by atoms with Gasteiger partial charge in [-0.05, 0) is 57.1 Å². The molecule has 2 aromatic heterocycles. The van der Waals surface area contributed by atoms with Crippen LogP contribution in [0.15, 0.2) is 42.9 Å². The summed E-state index contributed by atoms with van der Waals surface area (Å²) in [4.78, 5) is 23.3. The van der Waals surface area contributed by atoms with Crippen LogP contribution in [0.2, 0.25) is 0 Å². The van der Waals surface area contributed by atoms with E-state index in [1.807, 2.05) is 25.4 Å². The van der Waals surface area contributed by atoms with Crippen LogP contribution < -0.4 is 29.9 Å². The summed E-state index contributed by atoms with van der Waals surface area (Å²) in [5.41, 5.74) is 6.81. The number of methoxy groups -OCH3 is 1. The van der Waals surface area contributed by atoms with Crippen LogP contribution in [0.1, 0.15) is 25.3 Å². The van der Waals surface area contributed by atoms with Gasteiger partial charge >= 0.3 is 0 Å². The molecular weight excluding hydrogens is 565 g/mol. The number of benzene rings is 2. The molecule has 0 spiro atoms. The molecule has 1 atom stereocenters. The van der Waals surface area contributed by atoms with Gasteiger partial charge < -0.3 is 29.5 Å². The van der Waals surface area contributed by atoms with Crippen molar-refractivity contribution in [2.45, 2.75) is 32.2 Å². The maximum atomic E-state index is 5.86. The van der Waals surface area contributed by atoms with Gasteiger partial charge in [0, 0.05) is 68.1 Å². The third-order valence-electron chi connectivity index (χ3n) is 7.84. The zero-order chi connectivity index (χ0) is 29.8. The first-order valence-electron chi connectivity index (χ1n) is 14.1. The lowest BCUT2D eigenvalue weighted by Crippen LogP contribution is -2.42. The fourth-order valence-electron chi connectivity index (χ4n) is 5.41. The average molecular weight is 606 g/mol. The predicted octanol–water partition coefficient (Wildman–Crippen LogP) is 5.22. The molecule has 3 heterocycles. The van der Waals surface area contributed by atoms with E-state index in [4.69, 9.17) is 9.72 Å². The monoisotopic (exact) mass is 605 g/mol. The summed E-state index contributed by atoms with van der Waals surface area (Å²) in [6.07, 6.45) is 10.5. The van der Waals surface area contributed by atoms with E-state index in [9.17, 15) is 0 Å². The van der Waals surface area contributed by atoms with Crippen LogP contribution in [0.5, 0.6) is 5.75 Å². The van der Waals surface area contributed by atoms with Gasteiger partial charge in [0.2, 0.25) is 5.95 Å². The molecular formula is C30H40N9OPS. The molecule has 1 aliphatic rings. The molecule has 1 fully saturated rings. The lowest BCUT2D eigenvalue weighted by Gasteiger charge is -2.37. The van der Waals surface area contributed by atoms with E-state index in [-0.39, 0.29) is 0 Å². The SMILES string of the molecule is CCc1cc(Nc2ncc(P)c(Nc3ccc4nccnc4c3N(C)SC)n2)c(OC)cc1N1CCC(N(C)C)CC1. The minimum absolute atomic E-state index is 0.476. The molecule has 1 unspecified atom stereocenters. The number of rotatable bonds is 10. The number of aryl methyl sites for hydroxylation is 1. The lowest BCUT2D eigenvalue weighted by molar-refractivity contribution is 0.249. The molecule has 222 valence electrons. The summed E-state index contributed by atoms with van der Waals surface area (Å²) in [5, 5.41) is 7.78. The maximum Gasteiger partial charge on any atom is 0.229 e. The minimum Gasteiger partial charge on any atom is -0.494 e. The lowest BCUT2D eigenvalue weighted by atomic mass is 10.0. The Labute approximate surface area is 255 Å². The van der Waals surface area contributed by atoms with Crippen molar-refractivity contribution < 1.29 is 4.74 Å². The fraction of sp³-hybridized carbons (Fsp3) is 0.400. The Kier molecular flexibility index (Phi) is 9.50. The summed E-state index contributed by atoms with van der Waals surface area (Å²) in [7, 11) is 10.8. The van der Waals surface area contributed by atoms with Crippen molar-refractivity contribution in [3.63, 3.8) is 0 Å². The highest BCUT2D eigenvalue weighted by molar-refractivity contribution is 7.99. The van der Waals surface area contributed by atoms with E-state index in [0.717, 1.165) is 71.5 Å². The number of hydrogen-bond acceptors (Lipinski definition) is 11. The molecule has 42 heavy (non-hydrogen) atoms. The molecule has 0 aliphatic carbocycles. The van der Waals surface area contributed by atoms with Crippen LogP contribution in [0, 0.1) is 0 Å². The second-order valence-electron chi connectivity index (χ2n) is 10.5. The summed E-state index contributed by atoms with van der Waals surface area (Å²) in [5.74, 6) is 1.91. The second kappa shape index (κ2) is 13.3. The standard InChI is InChI=1S/C30H40N9OPS/c1-7-19-16-23(25(40-5)17-24(19)39-14-10-20(11-15-39)37(2)3)35-30-33-18-26(41)29(36-30)34-22-9-8-21-27(32-13-12-31-21)28(22)38(4)42-6/h8-9,12-13,16-18,20H,7,10-11,14-15,41H2,1-6H3,(H2,33,34,35,36). The van der Waals surface area contributed by atoms with Crippen LogP contribution in [0.25, 0.3) is 11.0 Å². The van der Waals surface area contributed by atoms with Gasteiger partial charge in [-0.1, -0.05) is 28.1 Å². The molecule has 12 heteroatoms. The molecule has 1 aliphatic heterocycles. The van der Waals surface area contributed by atoms with Crippen LogP contribution in [-0.2, 0) is 6.42 Å². The number of hydrogen-bond donors (Lipinski definition) is 2. The molecule has 2 N–H and O–H groups in total. The quantitative estimate of drug-likeness (QED) is 0.184. The first-order chi connectivity index (χ1) is 20.3. The summed E-state index contributed by atoms with van der Waals surface area (Å²) >= 11 is 1.60. The van der Waals surface area contributed by atoms with Crippen molar-refractivity contribution in [2.24, 2.45) is 0 Å². The number of nitrogens with zero attached hydrogens (tertiary/aromatic N) is 7. The smallest absolute Gasteiger partial charge is 0.229 e. The maximum absolute atomic E-state index is 5.86. The highest BCUT2D eigenvalue weighted by Gasteiger charge is 2.24. The predicted molar refractivity (Wildman–Crippen MR) is 181 cm³/mol. The first-order valence-corrected chi connectivity index (χ1v) is 15.9. The Bertz CT molecular complexity index is 1550. The molecule has 0 bridgehead atoms. The first kappa shape index (κ1) is 30.1. The molecule has 4 aromatic rings. The normalized spacial score (nSPS) is 14.0. The zero-order valence-electron chi connectivity index (χ0n) is 25.2. The average Bonchev–Trinajstić information content (AvgIpc) is 3.02. The molecule has 0 saturated carbocycles. The third kappa shape index (κ3) is 6.33. The van der Waals surface area contributed by atoms with Crippen LogP contribution in [0.4, 0.5) is 34.5 Å². The van der Waals surface area contributed by atoms with E-state index in [1.165, 1.54) is 11.3 Å². The van der Waals surface area contributed by atoms with E-state index in [2.05, 4.69) is 82.1 Å². The van der Waals surface area contributed by atoms with Gasteiger partial charge in [-0.15, -0.1) is 0 Å². The van der Waals surface area contributed by atoms with Crippen LogP contribution in [0.3, 0.4) is 0 Å². The van der Waals surface area contributed by atoms with Crippen molar-refractivity contribution in [1.29, 1.82) is 0 Å². The Morgan fingerprint density at radius 1 is 1.05 bits per heavy atom. The van der Waals surface area contributed by atoms with Crippen molar-refractivity contribution in [2.75, 3.05) is 67.4 Å². The van der Waals surface area contributed by atoms with E-state index in [0.29, 0.717) is 17.8 Å².